The van der Waals surface area contributed by atoms with Crippen molar-refractivity contribution >= 4 is 23.0 Å². The van der Waals surface area contributed by atoms with Crippen molar-refractivity contribution in [1.82, 2.24) is 4.57 Å². The van der Waals surface area contributed by atoms with Gasteiger partial charge in [0.25, 0.3) is 0 Å². The number of nitrogens with zero attached hydrogens (tertiary/aromatic N) is 2. The topological polar surface area (TPSA) is 8.17 Å². The molecule has 2 heterocycles. The molecular formula is C32H30N2. The first-order valence-electron chi connectivity index (χ1n) is 12.9. The van der Waals surface area contributed by atoms with Crippen molar-refractivity contribution in [2.45, 2.75) is 44.7 Å². The number of anilines is 1. The summed E-state index contributed by atoms with van der Waals surface area (Å²) in [4.78, 5) is 2.70. The second-order valence-corrected chi connectivity index (χ2v) is 11.0. The Bertz CT molecular complexity index is 1510. The van der Waals surface area contributed by atoms with Gasteiger partial charge in [0.1, 0.15) is 0 Å². The summed E-state index contributed by atoms with van der Waals surface area (Å²) in [6.07, 6.45) is 25.9. The Hall–Kier alpha value is -3.26. The minimum atomic E-state index is 0.182. The van der Waals surface area contributed by atoms with E-state index in [0.29, 0.717) is 29.8 Å². The number of benzene rings is 1. The van der Waals surface area contributed by atoms with E-state index in [-0.39, 0.29) is 5.41 Å². The highest BCUT2D eigenvalue weighted by Crippen LogP contribution is 2.72. The Morgan fingerprint density at radius 2 is 1.65 bits per heavy atom. The zero-order valence-electron chi connectivity index (χ0n) is 19.9. The maximum atomic E-state index is 2.73. The van der Waals surface area contributed by atoms with Crippen molar-refractivity contribution in [3.05, 3.63) is 107 Å². The van der Waals surface area contributed by atoms with Gasteiger partial charge in [0.2, 0.25) is 0 Å². The van der Waals surface area contributed by atoms with Crippen molar-refractivity contribution < 1.29 is 0 Å². The van der Waals surface area contributed by atoms with Crippen LogP contribution in [0.2, 0.25) is 0 Å². The van der Waals surface area contributed by atoms with Crippen LogP contribution in [0.4, 0.5) is 5.69 Å². The fraction of sp³-hybridized carbons (Fsp3) is 0.312. The number of para-hydroxylation sites is 1. The summed E-state index contributed by atoms with van der Waals surface area (Å²) in [5.41, 5.74) is 7.86. The van der Waals surface area contributed by atoms with Crippen molar-refractivity contribution in [3.63, 3.8) is 0 Å². The lowest BCUT2D eigenvalue weighted by atomic mass is 9.83. The maximum Gasteiger partial charge on any atom is 0.0702 e. The molecule has 2 fully saturated rings. The molecular weight excluding hydrogens is 412 g/mol. The molecule has 1 aromatic carbocycles. The second kappa shape index (κ2) is 6.44. The molecule has 2 aromatic rings. The van der Waals surface area contributed by atoms with Crippen molar-refractivity contribution in [3.8, 4) is 0 Å². The molecule has 168 valence electrons. The van der Waals surface area contributed by atoms with E-state index in [4.69, 9.17) is 0 Å². The summed E-state index contributed by atoms with van der Waals surface area (Å²) < 4.78 is 2.73. The molecule has 2 nitrogen and oxygen atoms in total. The number of aromatic nitrogens is 1. The van der Waals surface area contributed by atoms with E-state index in [0.717, 1.165) is 6.42 Å². The average Bonchev–Trinajstić information content (AvgIpc) is 3.26. The SMILES string of the molecule is CC1CC=Cc2c1c1c(n2C2C=CC=CC2C)=C2N(c3ccccc3)C3C=CC=CC3C23CC=13. The Morgan fingerprint density at radius 1 is 0.882 bits per heavy atom. The molecule has 1 aromatic heterocycles. The van der Waals surface area contributed by atoms with Gasteiger partial charge in [0.15, 0.2) is 0 Å². The third kappa shape index (κ3) is 2.14. The van der Waals surface area contributed by atoms with Gasteiger partial charge in [-0.3, -0.25) is 0 Å². The zero-order chi connectivity index (χ0) is 22.6. The standard InChI is InChI=1S/C32H30N2/c1-20-11-6-8-16-25(20)34-27-18-10-12-21(2)28(27)29-24-19-32(24)23-15-7-9-17-26(23)33(31(32)30(29)34)22-13-4-3-5-14-22/h3-11,13-18,20-21,23,25-26H,12,19H2,1-2H3. The van der Waals surface area contributed by atoms with Crippen LogP contribution in [0.15, 0.2) is 85.0 Å². The lowest BCUT2D eigenvalue weighted by molar-refractivity contribution is 0.471. The summed E-state index contributed by atoms with van der Waals surface area (Å²) in [5, 5.41) is 3.13. The third-order valence-electron chi connectivity index (χ3n) is 9.28. The lowest BCUT2D eigenvalue weighted by Crippen LogP contribution is -2.40. The number of fused-ring (bicyclic) bond motifs is 4. The van der Waals surface area contributed by atoms with Crippen LogP contribution in [-0.4, -0.2) is 10.6 Å². The summed E-state index contributed by atoms with van der Waals surface area (Å²) in [5.74, 6) is 1.57. The zero-order valence-corrected chi connectivity index (χ0v) is 19.9. The Balaban J connectivity index is 1.52. The Labute approximate surface area is 201 Å². The van der Waals surface area contributed by atoms with Crippen LogP contribution in [0.1, 0.15) is 49.9 Å². The van der Waals surface area contributed by atoms with Crippen LogP contribution in [0.3, 0.4) is 0 Å². The summed E-state index contributed by atoms with van der Waals surface area (Å²) >= 11 is 0. The van der Waals surface area contributed by atoms with E-state index in [1.807, 2.05) is 0 Å². The third-order valence-corrected chi connectivity index (χ3v) is 9.28. The first kappa shape index (κ1) is 19.1. The smallest absolute Gasteiger partial charge is 0.0702 e. The lowest BCUT2D eigenvalue weighted by Gasteiger charge is -2.30. The summed E-state index contributed by atoms with van der Waals surface area (Å²) in [6.45, 7) is 4.81. The van der Waals surface area contributed by atoms with E-state index in [9.17, 15) is 0 Å². The molecule has 34 heavy (non-hydrogen) atoms. The van der Waals surface area contributed by atoms with Crippen LogP contribution in [0.5, 0.6) is 0 Å². The first-order valence-corrected chi connectivity index (χ1v) is 12.9. The highest BCUT2D eigenvalue weighted by molar-refractivity contribution is 5.98. The molecule has 1 spiro atoms. The number of hydrogen-bond donors (Lipinski definition) is 0. The fourth-order valence-corrected chi connectivity index (χ4v) is 7.80. The van der Waals surface area contributed by atoms with E-state index >= 15 is 0 Å². The molecule has 2 heteroatoms. The van der Waals surface area contributed by atoms with Gasteiger partial charge in [-0.1, -0.05) is 86.7 Å². The summed E-state index contributed by atoms with van der Waals surface area (Å²) in [7, 11) is 0. The van der Waals surface area contributed by atoms with Gasteiger partial charge in [0, 0.05) is 27.9 Å². The van der Waals surface area contributed by atoms with E-state index in [1.165, 1.54) is 23.2 Å². The van der Waals surface area contributed by atoms with Gasteiger partial charge >= 0.3 is 0 Å². The Kier molecular flexibility index (Phi) is 3.62. The normalized spacial score (nSPS) is 35.4. The summed E-state index contributed by atoms with van der Waals surface area (Å²) in [6, 6.07) is 11.9. The van der Waals surface area contributed by atoms with Gasteiger partial charge in [-0.05, 0) is 54.0 Å². The van der Waals surface area contributed by atoms with Gasteiger partial charge in [-0.15, -0.1) is 0 Å². The molecule has 8 rings (SSSR count). The highest BCUT2D eigenvalue weighted by atomic mass is 15.3. The van der Waals surface area contributed by atoms with E-state index in [1.54, 1.807) is 22.1 Å². The molecule has 6 atom stereocenters. The predicted molar refractivity (Wildman–Crippen MR) is 141 cm³/mol. The largest absolute Gasteiger partial charge is 0.335 e. The van der Waals surface area contributed by atoms with Crippen molar-refractivity contribution in [2.75, 3.05) is 4.90 Å². The van der Waals surface area contributed by atoms with Crippen LogP contribution < -0.4 is 15.5 Å². The molecule has 6 aliphatic rings. The molecule has 1 aliphatic heterocycles. The van der Waals surface area contributed by atoms with Crippen LogP contribution in [-0.2, 0) is 0 Å². The molecule has 0 N–H and O–H groups in total. The molecule has 5 aliphatic carbocycles. The molecule has 0 bridgehead atoms. The van der Waals surface area contributed by atoms with E-state index in [2.05, 4.69) is 114 Å². The fourth-order valence-electron chi connectivity index (χ4n) is 7.80. The second-order valence-electron chi connectivity index (χ2n) is 11.0. The number of allylic oxidation sites excluding steroid dienone is 7. The minimum Gasteiger partial charge on any atom is -0.335 e. The molecule has 0 radical (unpaired) electrons. The van der Waals surface area contributed by atoms with Crippen LogP contribution in [0.25, 0.3) is 17.3 Å². The number of rotatable bonds is 2. The molecule has 1 saturated carbocycles. The average molecular weight is 443 g/mol. The maximum absolute atomic E-state index is 2.73. The monoisotopic (exact) mass is 442 g/mol. The molecule has 6 unspecified atom stereocenters. The van der Waals surface area contributed by atoms with Gasteiger partial charge in [0.05, 0.1) is 23.1 Å². The van der Waals surface area contributed by atoms with Gasteiger partial charge < -0.3 is 9.47 Å². The highest BCUT2D eigenvalue weighted by Gasteiger charge is 2.69. The first-order chi connectivity index (χ1) is 16.7. The van der Waals surface area contributed by atoms with Crippen LogP contribution in [0, 0.1) is 17.3 Å². The number of hydrogen-bond acceptors (Lipinski definition) is 1. The van der Waals surface area contributed by atoms with Crippen LogP contribution >= 0.6 is 0 Å². The molecule has 0 amide bonds. The predicted octanol–water partition coefficient (Wildman–Crippen LogP) is 5.61. The quantitative estimate of drug-likeness (QED) is 0.587. The van der Waals surface area contributed by atoms with Crippen molar-refractivity contribution in [2.24, 2.45) is 17.3 Å². The van der Waals surface area contributed by atoms with Gasteiger partial charge in [-0.2, -0.15) is 0 Å². The minimum absolute atomic E-state index is 0.182. The van der Waals surface area contributed by atoms with E-state index < -0.39 is 0 Å². The van der Waals surface area contributed by atoms with Crippen molar-refractivity contribution in [1.29, 1.82) is 0 Å². The Morgan fingerprint density at radius 3 is 2.47 bits per heavy atom. The molecule has 1 saturated heterocycles. The van der Waals surface area contributed by atoms with Gasteiger partial charge in [-0.25, -0.2) is 0 Å².